The van der Waals surface area contributed by atoms with Crippen LogP contribution in [0.1, 0.15) is 22.3 Å². The normalized spacial score (nSPS) is 11.6. The van der Waals surface area contributed by atoms with E-state index in [2.05, 4.69) is 270 Å². The van der Waals surface area contributed by atoms with Gasteiger partial charge in [-0.3, -0.25) is 0 Å². The lowest BCUT2D eigenvalue weighted by Crippen LogP contribution is -1.85. The van der Waals surface area contributed by atoms with Gasteiger partial charge in [0.2, 0.25) is 0 Å². The lowest BCUT2D eigenvalue weighted by molar-refractivity contribution is 1.52. The van der Waals surface area contributed by atoms with Crippen LogP contribution in [-0.2, 0) is 0 Å². The molecule has 0 atom stereocenters. The highest BCUT2D eigenvalue weighted by Gasteiger charge is 2.11. The molecule has 0 aliphatic heterocycles. The van der Waals surface area contributed by atoms with Crippen molar-refractivity contribution in [2.45, 2.75) is 27.7 Å². The fourth-order valence-electron chi connectivity index (χ4n) is 11.8. The van der Waals surface area contributed by atoms with Crippen LogP contribution in [0.3, 0.4) is 0 Å². The molecule has 0 saturated carbocycles. The molecule has 0 N–H and O–H groups in total. The van der Waals surface area contributed by atoms with E-state index in [9.17, 15) is 0 Å². The first-order valence-electron chi connectivity index (χ1n) is 25.2. The van der Waals surface area contributed by atoms with Crippen LogP contribution >= 0.6 is 0 Å². The summed E-state index contributed by atoms with van der Waals surface area (Å²) in [5.74, 6) is 0. The minimum atomic E-state index is 1.31. The zero-order chi connectivity index (χ0) is 48.5. The standard InChI is InChI=1S/2C19H14.2C17H12/c1-13-12-19-16-8-3-2-6-14(16)10-11-18(19)17-9-5-4-7-15(13)17;1-13-18-9-5-4-8-16(18)11-17-10-14-6-2-3-7-15(14)12-19(13)17;1-11-9-14-7-5-12-3-2-4-13-6-8-15(10-11)17(14)16(12)13;1-11-5-6-14-8-7-12-3-2-4-13-9-10-15(11)17(14)16(12)13/h2*2-12H,1H3;2*2-10H,1H3. The second kappa shape index (κ2) is 17.5. The van der Waals surface area contributed by atoms with E-state index in [1.165, 1.54) is 152 Å². The highest BCUT2D eigenvalue weighted by molar-refractivity contribution is 6.25. The van der Waals surface area contributed by atoms with Crippen LogP contribution in [0.25, 0.3) is 129 Å². The number of benzene rings is 16. The van der Waals surface area contributed by atoms with Gasteiger partial charge in [-0.05, 0) is 197 Å². The molecule has 16 aromatic rings. The number of hydrogen-bond acceptors (Lipinski definition) is 0. The van der Waals surface area contributed by atoms with Crippen LogP contribution in [0, 0.1) is 27.7 Å². The molecule has 0 aliphatic carbocycles. The Morgan fingerprint density at radius 2 is 0.597 bits per heavy atom. The first kappa shape index (κ1) is 43.2. The number of rotatable bonds is 0. The molecule has 16 rings (SSSR count). The Bertz CT molecular complexity index is 4630. The Morgan fingerprint density at radius 3 is 1.26 bits per heavy atom. The number of aryl methyl sites for hydroxylation is 4. The van der Waals surface area contributed by atoms with E-state index in [1.807, 2.05) is 0 Å². The first-order valence-corrected chi connectivity index (χ1v) is 25.2. The summed E-state index contributed by atoms with van der Waals surface area (Å²) in [7, 11) is 0. The van der Waals surface area contributed by atoms with E-state index in [0.29, 0.717) is 0 Å². The Kier molecular flexibility index (Phi) is 10.5. The molecule has 0 saturated heterocycles. The third-order valence-electron chi connectivity index (χ3n) is 15.3. The molecular weight excluding hydrogens is 865 g/mol. The van der Waals surface area contributed by atoms with Crippen LogP contribution in [0.4, 0.5) is 0 Å². The van der Waals surface area contributed by atoms with Crippen molar-refractivity contribution in [1.29, 1.82) is 0 Å². The van der Waals surface area contributed by atoms with Gasteiger partial charge in [-0.15, -0.1) is 0 Å². The van der Waals surface area contributed by atoms with Crippen LogP contribution in [-0.4, -0.2) is 0 Å². The predicted octanol–water partition coefficient (Wildman–Crippen LogP) is 20.7. The van der Waals surface area contributed by atoms with Crippen molar-refractivity contribution in [3.05, 3.63) is 265 Å². The highest BCUT2D eigenvalue weighted by Crippen LogP contribution is 2.38. The second-order valence-corrected chi connectivity index (χ2v) is 19.8. The first-order chi connectivity index (χ1) is 35.3. The molecule has 0 heteroatoms. The van der Waals surface area contributed by atoms with Gasteiger partial charge >= 0.3 is 0 Å². The van der Waals surface area contributed by atoms with Crippen LogP contribution in [0.5, 0.6) is 0 Å². The summed E-state index contributed by atoms with van der Waals surface area (Å²) >= 11 is 0. The van der Waals surface area contributed by atoms with E-state index < -0.39 is 0 Å². The molecule has 72 heavy (non-hydrogen) atoms. The molecule has 16 aromatic carbocycles. The second-order valence-electron chi connectivity index (χ2n) is 19.8. The van der Waals surface area contributed by atoms with Crippen LogP contribution in [0.2, 0.25) is 0 Å². The van der Waals surface area contributed by atoms with Crippen LogP contribution < -0.4 is 0 Å². The summed E-state index contributed by atoms with van der Waals surface area (Å²) in [5.41, 5.74) is 5.41. The van der Waals surface area contributed by atoms with Crippen molar-refractivity contribution in [1.82, 2.24) is 0 Å². The zero-order valence-corrected chi connectivity index (χ0v) is 41.1. The number of fused-ring (bicyclic) bond motifs is 8. The van der Waals surface area contributed by atoms with Crippen molar-refractivity contribution < 1.29 is 0 Å². The lowest BCUT2D eigenvalue weighted by Gasteiger charge is -2.11. The van der Waals surface area contributed by atoms with Gasteiger partial charge in [-0.1, -0.05) is 224 Å². The fourth-order valence-corrected chi connectivity index (χ4v) is 11.8. The molecule has 0 heterocycles. The lowest BCUT2D eigenvalue weighted by atomic mass is 9.92. The minimum Gasteiger partial charge on any atom is -0.0616 e. The fraction of sp³-hybridized carbons (Fsp3) is 0.0556. The molecule has 0 spiro atoms. The highest BCUT2D eigenvalue weighted by atomic mass is 14.1. The molecule has 0 aliphatic rings. The summed E-state index contributed by atoms with van der Waals surface area (Å²) in [6.45, 7) is 8.77. The van der Waals surface area contributed by atoms with Gasteiger partial charge < -0.3 is 0 Å². The van der Waals surface area contributed by atoms with Crippen molar-refractivity contribution in [3.63, 3.8) is 0 Å². The summed E-state index contributed by atoms with van der Waals surface area (Å²) in [4.78, 5) is 0. The van der Waals surface area contributed by atoms with Gasteiger partial charge in [0.1, 0.15) is 0 Å². The van der Waals surface area contributed by atoms with Gasteiger partial charge in [-0.25, -0.2) is 0 Å². The average molecular weight is 917 g/mol. The largest absolute Gasteiger partial charge is 0.0616 e. The van der Waals surface area contributed by atoms with Gasteiger partial charge in [0.25, 0.3) is 0 Å². The minimum absolute atomic E-state index is 1.31. The maximum absolute atomic E-state index is 2.32. The molecule has 0 amide bonds. The summed E-state index contributed by atoms with van der Waals surface area (Å²) in [5, 5.41) is 32.5. The third-order valence-corrected chi connectivity index (χ3v) is 15.3. The van der Waals surface area contributed by atoms with Crippen molar-refractivity contribution in [2.75, 3.05) is 0 Å². The van der Waals surface area contributed by atoms with Gasteiger partial charge in [0.05, 0.1) is 0 Å². The Hall–Kier alpha value is -8.84. The predicted molar refractivity (Wildman–Crippen MR) is 317 cm³/mol. The van der Waals surface area contributed by atoms with Gasteiger partial charge in [0, 0.05) is 0 Å². The van der Waals surface area contributed by atoms with E-state index in [4.69, 9.17) is 0 Å². The summed E-state index contributed by atoms with van der Waals surface area (Å²) in [6.07, 6.45) is 0. The summed E-state index contributed by atoms with van der Waals surface area (Å²) < 4.78 is 0. The Balaban J connectivity index is 0.0000000934. The third kappa shape index (κ3) is 7.38. The van der Waals surface area contributed by atoms with Crippen molar-refractivity contribution in [3.8, 4) is 0 Å². The van der Waals surface area contributed by atoms with Crippen molar-refractivity contribution in [2.24, 2.45) is 0 Å². The Labute approximate surface area is 419 Å². The quantitative estimate of drug-likeness (QED) is 0.105. The number of hydrogen-bond donors (Lipinski definition) is 0. The van der Waals surface area contributed by atoms with Crippen molar-refractivity contribution >= 4 is 129 Å². The summed E-state index contributed by atoms with van der Waals surface area (Å²) in [6, 6.07) is 88.0. The topological polar surface area (TPSA) is 0 Å². The molecule has 0 unspecified atom stereocenters. The molecule has 0 bridgehead atoms. The smallest absolute Gasteiger partial charge is 0.00241 e. The maximum Gasteiger partial charge on any atom is -0.00241 e. The zero-order valence-electron chi connectivity index (χ0n) is 41.1. The van der Waals surface area contributed by atoms with E-state index in [-0.39, 0.29) is 0 Å². The monoisotopic (exact) mass is 916 g/mol. The van der Waals surface area contributed by atoms with Gasteiger partial charge in [-0.2, -0.15) is 0 Å². The molecule has 0 radical (unpaired) electrons. The molecule has 0 nitrogen and oxygen atoms in total. The van der Waals surface area contributed by atoms with E-state index in [0.717, 1.165) is 0 Å². The van der Waals surface area contributed by atoms with Gasteiger partial charge in [0.15, 0.2) is 0 Å². The molecule has 340 valence electrons. The molecule has 0 fully saturated rings. The van der Waals surface area contributed by atoms with E-state index in [1.54, 1.807) is 0 Å². The SMILES string of the molecule is Cc1c2ccccc2cc2cc3ccccc3cc12.Cc1cc2c3ccccc3ccc2c2ccccc12.Cc1cc2ccc3cccc4ccc(c1)c2c34.Cc1ccc2ccc3cccc4ccc1c2c34. The molecule has 0 aromatic heterocycles. The Morgan fingerprint density at radius 1 is 0.181 bits per heavy atom. The maximum atomic E-state index is 2.32. The van der Waals surface area contributed by atoms with E-state index >= 15 is 0 Å². The van der Waals surface area contributed by atoms with Crippen LogP contribution in [0.15, 0.2) is 243 Å². The average Bonchev–Trinajstić information content (AvgIpc) is 3.42. The molecular formula is C72H52.